The Morgan fingerprint density at radius 1 is 1.10 bits per heavy atom. The van der Waals surface area contributed by atoms with E-state index in [-0.39, 0.29) is 22.9 Å². The Labute approximate surface area is 186 Å². The van der Waals surface area contributed by atoms with Crippen molar-refractivity contribution in [2.45, 2.75) is 46.1 Å². The maximum absolute atomic E-state index is 13.2. The number of amides is 1. The predicted octanol–water partition coefficient (Wildman–Crippen LogP) is 6.02. The van der Waals surface area contributed by atoms with Gasteiger partial charge in [-0.25, -0.2) is 0 Å². The number of nitrogens with one attached hydrogen (secondary N) is 1. The third kappa shape index (κ3) is 3.46. The van der Waals surface area contributed by atoms with Crippen LogP contribution in [0.4, 0.5) is 5.69 Å². The van der Waals surface area contributed by atoms with Crippen LogP contribution in [-0.2, 0) is 19.3 Å². The highest BCUT2D eigenvalue weighted by Gasteiger charge is 2.25. The summed E-state index contributed by atoms with van der Waals surface area (Å²) < 4.78 is 3.93. The van der Waals surface area contributed by atoms with Crippen molar-refractivity contribution in [3.8, 4) is 0 Å². The molecular formula is C23H22Br2N2O2. The molecule has 1 N–H and O–H groups in total. The average molecular weight is 518 g/mol. The lowest BCUT2D eigenvalue weighted by molar-refractivity contribution is 0.102. The Bertz CT molecular complexity index is 1190. The van der Waals surface area contributed by atoms with Crippen LogP contribution in [-0.4, -0.2) is 10.5 Å². The lowest BCUT2D eigenvalue weighted by Crippen LogP contribution is -2.24. The summed E-state index contributed by atoms with van der Waals surface area (Å²) >= 11 is 7.05. The second-order valence-electron chi connectivity index (χ2n) is 7.55. The van der Waals surface area contributed by atoms with Crippen LogP contribution in [0.1, 0.15) is 53.9 Å². The van der Waals surface area contributed by atoms with Crippen LogP contribution in [0.5, 0.6) is 0 Å². The average Bonchev–Trinajstić information content (AvgIpc) is 3.00. The molecule has 1 unspecified atom stereocenters. The Hall–Kier alpha value is -1.92. The molecule has 1 atom stereocenters. The maximum atomic E-state index is 13.2. The van der Waals surface area contributed by atoms with Gasteiger partial charge in [0, 0.05) is 32.3 Å². The molecule has 1 aliphatic rings. The summed E-state index contributed by atoms with van der Waals surface area (Å²) in [5, 5.41) is 3.63. The molecule has 0 radical (unpaired) electrons. The fourth-order valence-corrected chi connectivity index (χ4v) is 5.30. The molecule has 4 nitrogen and oxygen atoms in total. The minimum atomic E-state index is -0.354. The van der Waals surface area contributed by atoms with Gasteiger partial charge in [0.1, 0.15) is 5.56 Å². The summed E-state index contributed by atoms with van der Waals surface area (Å²) in [4.78, 5) is 26.4. The van der Waals surface area contributed by atoms with E-state index in [1.165, 1.54) is 0 Å². The zero-order valence-corrected chi connectivity index (χ0v) is 19.8. The topological polar surface area (TPSA) is 51.1 Å². The van der Waals surface area contributed by atoms with Gasteiger partial charge in [0.15, 0.2) is 0 Å². The van der Waals surface area contributed by atoms with Gasteiger partial charge in [-0.3, -0.25) is 9.59 Å². The van der Waals surface area contributed by atoms with Crippen molar-refractivity contribution < 1.29 is 4.79 Å². The third-order valence-electron chi connectivity index (χ3n) is 5.67. The largest absolute Gasteiger partial charge is 0.343 e. The standard InChI is InChI=1S/C23H22Br2N2O2/c1-4-13-7-16(24)8-14(5-2)20(13)26-23(29)19-11-27-12(3)6-15-9-17(25)10-18(21(15)27)22(19)28/h7-12H,4-6H2,1-3H3,(H,26,29). The number of hydrogen-bond donors (Lipinski definition) is 1. The lowest BCUT2D eigenvalue weighted by Gasteiger charge is -2.17. The number of benzene rings is 2. The van der Waals surface area contributed by atoms with Gasteiger partial charge >= 0.3 is 0 Å². The number of nitrogens with zero attached hydrogens (tertiary/aromatic N) is 1. The Morgan fingerprint density at radius 3 is 2.34 bits per heavy atom. The van der Waals surface area contributed by atoms with Crippen molar-refractivity contribution in [1.29, 1.82) is 0 Å². The van der Waals surface area contributed by atoms with Crippen LogP contribution in [0.3, 0.4) is 0 Å². The predicted molar refractivity (Wildman–Crippen MR) is 125 cm³/mol. The number of carbonyl (C=O) groups is 1. The van der Waals surface area contributed by atoms with Gasteiger partial charge in [-0.15, -0.1) is 0 Å². The van der Waals surface area contributed by atoms with Crippen molar-refractivity contribution in [3.05, 3.63) is 71.9 Å². The molecule has 1 aromatic heterocycles. The first-order valence-corrected chi connectivity index (χ1v) is 11.4. The molecule has 1 aliphatic heterocycles. The molecule has 4 rings (SSSR count). The van der Waals surface area contributed by atoms with Crippen molar-refractivity contribution in [2.24, 2.45) is 0 Å². The molecule has 0 bridgehead atoms. The van der Waals surface area contributed by atoms with Crippen molar-refractivity contribution >= 4 is 54.4 Å². The molecule has 0 fully saturated rings. The van der Waals surface area contributed by atoms with E-state index in [2.05, 4.69) is 68.6 Å². The molecule has 0 aliphatic carbocycles. The highest BCUT2D eigenvalue weighted by atomic mass is 79.9. The first kappa shape index (κ1) is 20.4. The van der Waals surface area contributed by atoms with Crippen molar-refractivity contribution in [2.75, 3.05) is 5.32 Å². The molecule has 2 heterocycles. The van der Waals surface area contributed by atoms with Gasteiger partial charge in [-0.05, 0) is 67.1 Å². The van der Waals surface area contributed by atoms with E-state index < -0.39 is 0 Å². The highest BCUT2D eigenvalue weighted by molar-refractivity contribution is 9.10. The van der Waals surface area contributed by atoms with Gasteiger partial charge in [0.2, 0.25) is 5.43 Å². The number of rotatable bonds is 4. The zero-order chi connectivity index (χ0) is 20.9. The third-order valence-corrected chi connectivity index (χ3v) is 6.59. The SMILES string of the molecule is CCc1cc(Br)cc(CC)c1NC(=O)c1cn2c3c(cc(Br)cc3c1=O)CC2C. The molecule has 0 saturated carbocycles. The van der Waals surface area contributed by atoms with E-state index in [0.717, 1.165) is 56.1 Å². The highest BCUT2D eigenvalue weighted by Crippen LogP contribution is 2.34. The summed E-state index contributed by atoms with van der Waals surface area (Å²) in [7, 11) is 0. The fourth-order valence-electron chi connectivity index (χ4n) is 4.25. The monoisotopic (exact) mass is 516 g/mol. The van der Waals surface area contributed by atoms with Crippen LogP contribution in [0.15, 0.2) is 44.2 Å². The van der Waals surface area contributed by atoms with Crippen molar-refractivity contribution in [3.63, 3.8) is 0 Å². The second kappa shape index (κ2) is 7.73. The Balaban J connectivity index is 1.85. The van der Waals surface area contributed by atoms with Crippen LogP contribution in [0, 0.1) is 0 Å². The molecule has 3 aromatic rings. The van der Waals surface area contributed by atoms with E-state index in [1.807, 2.05) is 18.2 Å². The lowest BCUT2D eigenvalue weighted by atomic mass is 10.0. The summed E-state index contributed by atoms with van der Waals surface area (Å²) in [5.41, 5.74) is 4.95. The molecule has 1 amide bonds. The fraction of sp³-hybridized carbons (Fsp3) is 0.304. The van der Waals surface area contributed by atoms with Crippen molar-refractivity contribution in [1.82, 2.24) is 4.57 Å². The normalized spacial score (nSPS) is 15.1. The van der Waals surface area contributed by atoms with Crippen LogP contribution >= 0.6 is 31.9 Å². The van der Waals surface area contributed by atoms with Crippen LogP contribution in [0.2, 0.25) is 0 Å². The molecular weight excluding hydrogens is 496 g/mol. The number of aryl methyl sites for hydroxylation is 2. The van der Waals surface area contributed by atoms with Gasteiger partial charge < -0.3 is 9.88 Å². The number of carbonyl (C=O) groups excluding carboxylic acids is 1. The number of anilines is 1. The number of aromatic nitrogens is 1. The minimum absolute atomic E-state index is 0.183. The minimum Gasteiger partial charge on any atom is -0.343 e. The summed E-state index contributed by atoms with van der Waals surface area (Å²) in [5.74, 6) is -0.354. The zero-order valence-electron chi connectivity index (χ0n) is 16.6. The van der Waals surface area contributed by atoms with Gasteiger partial charge in [0.25, 0.3) is 5.91 Å². The smallest absolute Gasteiger partial charge is 0.261 e. The van der Waals surface area contributed by atoms with E-state index >= 15 is 0 Å². The number of hydrogen-bond acceptors (Lipinski definition) is 2. The van der Waals surface area contributed by atoms with E-state index in [9.17, 15) is 9.59 Å². The molecule has 29 heavy (non-hydrogen) atoms. The Kier molecular flexibility index (Phi) is 5.42. The second-order valence-corrected chi connectivity index (χ2v) is 9.39. The summed E-state index contributed by atoms with van der Waals surface area (Å²) in [6.45, 7) is 6.23. The first-order valence-electron chi connectivity index (χ1n) is 9.83. The molecule has 0 saturated heterocycles. The van der Waals surface area contributed by atoms with E-state index in [0.29, 0.717) is 5.39 Å². The van der Waals surface area contributed by atoms with Crippen LogP contribution in [0.25, 0.3) is 10.9 Å². The van der Waals surface area contributed by atoms with Gasteiger partial charge in [-0.1, -0.05) is 45.7 Å². The first-order chi connectivity index (χ1) is 13.8. The van der Waals surface area contributed by atoms with E-state index in [4.69, 9.17) is 0 Å². The molecule has 150 valence electrons. The number of halogens is 2. The maximum Gasteiger partial charge on any atom is 0.261 e. The number of pyridine rings is 1. The summed E-state index contributed by atoms with van der Waals surface area (Å²) in [6, 6.07) is 8.13. The quantitative estimate of drug-likeness (QED) is 0.460. The summed E-state index contributed by atoms with van der Waals surface area (Å²) in [6.07, 6.45) is 4.16. The molecule has 6 heteroatoms. The molecule has 2 aromatic carbocycles. The van der Waals surface area contributed by atoms with Crippen LogP contribution < -0.4 is 10.7 Å². The molecule has 0 spiro atoms. The van der Waals surface area contributed by atoms with Gasteiger partial charge in [-0.2, -0.15) is 0 Å². The van der Waals surface area contributed by atoms with E-state index in [1.54, 1.807) is 6.20 Å². The van der Waals surface area contributed by atoms with Gasteiger partial charge in [0.05, 0.1) is 5.52 Å². The Morgan fingerprint density at radius 2 is 1.72 bits per heavy atom.